The van der Waals surface area contributed by atoms with E-state index >= 15 is 0 Å². The van der Waals surface area contributed by atoms with Crippen molar-refractivity contribution in [2.75, 3.05) is 27.4 Å². The zero-order valence-electron chi connectivity index (χ0n) is 11.3. The number of carboxylic acid groups (broad SMARTS) is 1. The number of ether oxygens (including phenoxy) is 2. The summed E-state index contributed by atoms with van der Waals surface area (Å²) in [4.78, 5) is 22.4. The molecule has 0 aromatic heterocycles. The number of rotatable bonds is 7. The Morgan fingerprint density at radius 3 is 2.63 bits per heavy atom. The lowest BCUT2D eigenvalue weighted by molar-refractivity contribution is -0.141. The van der Waals surface area contributed by atoms with Crippen LogP contribution in [0.3, 0.4) is 0 Å². The van der Waals surface area contributed by atoms with Gasteiger partial charge < -0.3 is 25.2 Å². The van der Waals surface area contributed by atoms with Crippen LogP contribution < -0.4 is 10.6 Å². The van der Waals surface area contributed by atoms with Crippen LogP contribution in [-0.2, 0) is 14.3 Å². The summed E-state index contributed by atoms with van der Waals surface area (Å²) in [6.07, 6.45) is 1.63. The molecule has 0 radical (unpaired) electrons. The first-order valence-corrected chi connectivity index (χ1v) is 6.35. The molecular formula is C12H22N2O5. The Morgan fingerprint density at radius 2 is 2.11 bits per heavy atom. The molecule has 0 aliphatic heterocycles. The average Bonchev–Trinajstić information content (AvgIpc) is 2.83. The van der Waals surface area contributed by atoms with Gasteiger partial charge in [-0.3, -0.25) is 4.79 Å². The number of carbonyl (C=O) groups excluding carboxylic acids is 1. The fourth-order valence-electron chi connectivity index (χ4n) is 2.18. The van der Waals surface area contributed by atoms with Gasteiger partial charge in [0.2, 0.25) is 0 Å². The predicted molar refractivity (Wildman–Crippen MR) is 68.0 cm³/mol. The Bertz CT molecular complexity index is 310. The van der Waals surface area contributed by atoms with Gasteiger partial charge in [-0.1, -0.05) is 0 Å². The maximum absolute atomic E-state index is 11.6. The molecule has 1 saturated carbocycles. The molecule has 3 N–H and O–H groups in total. The van der Waals surface area contributed by atoms with Crippen molar-refractivity contribution in [1.82, 2.24) is 10.6 Å². The highest BCUT2D eigenvalue weighted by atomic mass is 16.5. The summed E-state index contributed by atoms with van der Waals surface area (Å²) < 4.78 is 10.1. The highest BCUT2D eigenvalue weighted by Crippen LogP contribution is 2.25. The molecule has 3 atom stereocenters. The molecule has 7 nitrogen and oxygen atoms in total. The predicted octanol–water partition coefficient (Wildman–Crippen LogP) is 0.200. The smallest absolute Gasteiger partial charge is 0.315 e. The van der Waals surface area contributed by atoms with Crippen molar-refractivity contribution in [3.8, 4) is 0 Å². The molecule has 0 aromatic carbocycles. The minimum Gasteiger partial charge on any atom is -0.481 e. The molecule has 110 valence electrons. The number of methoxy groups -OCH3 is 2. The van der Waals surface area contributed by atoms with E-state index in [9.17, 15) is 9.59 Å². The van der Waals surface area contributed by atoms with Crippen LogP contribution in [0.2, 0.25) is 0 Å². The Balaban J connectivity index is 2.23. The topological polar surface area (TPSA) is 96.9 Å². The van der Waals surface area contributed by atoms with E-state index < -0.39 is 5.97 Å². The van der Waals surface area contributed by atoms with Crippen LogP contribution in [0.15, 0.2) is 0 Å². The van der Waals surface area contributed by atoms with Crippen LogP contribution in [-0.4, -0.2) is 56.6 Å². The lowest BCUT2D eigenvalue weighted by Crippen LogP contribution is -2.44. The summed E-state index contributed by atoms with van der Waals surface area (Å²) >= 11 is 0. The second-order valence-electron chi connectivity index (χ2n) is 4.71. The number of nitrogens with one attached hydrogen (secondary N) is 2. The summed E-state index contributed by atoms with van der Waals surface area (Å²) in [6.45, 7) is 0.756. The molecule has 3 unspecified atom stereocenters. The Labute approximate surface area is 112 Å². The lowest BCUT2D eigenvalue weighted by Gasteiger charge is -2.17. The van der Waals surface area contributed by atoms with Crippen LogP contribution in [0.1, 0.15) is 19.3 Å². The maximum Gasteiger partial charge on any atom is 0.315 e. The first-order valence-electron chi connectivity index (χ1n) is 6.35. The average molecular weight is 274 g/mol. The van der Waals surface area contributed by atoms with Gasteiger partial charge in [-0.2, -0.15) is 0 Å². The minimum absolute atomic E-state index is 0.0653. The van der Waals surface area contributed by atoms with Crippen molar-refractivity contribution < 1.29 is 24.2 Å². The number of hydrogen-bond donors (Lipinski definition) is 3. The van der Waals surface area contributed by atoms with Crippen molar-refractivity contribution in [1.29, 1.82) is 0 Å². The SMILES string of the molecule is COCC(CNC(=O)NC1CCC(C(=O)O)C1)OC. The molecule has 1 aliphatic carbocycles. The van der Waals surface area contributed by atoms with E-state index in [1.807, 2.05) is 0 Å². The molecule has 19 heavy (non-hydrogen) atoms. The summed E-state index contributed by atoms with van der Waals surface area (Å²) in [5.74, 6) is -1.13. The molecule has 0 bridgehead atoms. The molecule has 2 amide bonds. The van der Waals surface area contributed by atoms with Crippen molar-refractivity contribution in [3.63, 3.8) is 0 Å². The van der Waals surface area contributed by atoms with Crippen molar-refractivity contribution >= 4 is 12.0 Å². The largest absolute Gasteiger partial charge is 0.481 e. The lowest BCUT2D eigenvalue weighted by atomic mass is 10.1. The number of hydrogen-bond acceptors (Lipinski definition) is 4. The van der Waals surface area contributed by atoms with Gasteiger partial charge in [0, 0.05) is 26.8 Å². The summed E-state index contributed by atoms with van der Waals surface area (Å²) in [6, 6.07) is -0.362. The Hall–Kier alpha value is -1.34. The highest BCUT2D eigenvalue weighted by Gasteiger charge is 2.30. The highest BCUT2D eigenvalue weighted by molar-refractivity contribution is 5.75. The third-order valence-corrected chi connectivity index (χ3v) is 3.29. The van der Waals surface area contributed by atoms with Gasteiger partial charge in [0.05, 0.1) is 18.6 Å². The summed E-state index contributed by atoms with van der Waals surface area (Å²) in [5.41, 5.74) is 0. The molecule has 1 aliphatic rings. The van der Waals surface area contributed by atoms with Crippen LogP contribution in [0, 0.1) is 5.92 Å². The number of amides is 2. The van der Waals surface area contributed by atoms with Gasteiger partial charge in [-0.15, -0.1) is 0 Å². The van der Waals surface area contributed by atoms with Crippen molar-refractivity contribution in [2.45, 2.75) is 31.4 Å². The molecule has 0 aromatic rings. The number of aliphatic carboxylic acids is 1. The van der Waals surface area contributed by atoms with E-state index in [1.54, 1.807) is 14.2 Å². The van der Waals surface area contributed by atoms with Gasteiger partial charge >= 0.3 is 12.0 Å². The third-order valence-electron chi connectivity index (χ3n) is 3.29. The van der Waals surface area contributed by atoms with E-state index in [0.717, 1.165) is 0 Å². The number of carboxylic acids is 1. The Kier molecular flexibility index (Phi) is 6.58. The zero-order valence-corrected chi connectivity index (χ0v) is 11.3. The Morgan fingerprint density at radius 1 is 1.37 bits per heavy atom. The second kappa shape index (κ2) is 7.96. The van der Waals surface area contributed by atoms with Crippen LogP contribution >= 0.6 is 0 Å². The van der Waals surface area contributed by atoms with Gasteiger partial charge in [0.25, 0.3) is 0 Å². The van der Waals surface area contributed by atoms with Crippen LogP contribution in [0.4, 0.5) is 4.79 Å². The molecule has 7 heteroatoms. The van der Waals surface area contributed by atoms with Gasteiger partial charge in [0.15, 0.2) is 0 Å². The molecular weight excluding hydrogens is 252 g/mol. The molecule has 1 fully saturated rings. The monoisotopic (exact) mass is 274 g/mol. The summed E-state index contributed by atoms with van der Waals surface area (Å²) in [7, 11) is 3.12. The molecule has 0 spiro atoms. The van der Waals surface area contributed by atoms with E-state index in [0.29, 0.717) is 32.4 Å². The molecule has 0 heterocycles. The van der Waals surface area contributed by atoms with E-state index in [-0.39, 0.29) is 24.1 Å². The number of urea groups is 1. The fraction of sp³-hybridized carbons (Fsp3) is 0.833. The standard InChI is InChI=1S/C12H22N2O5/c1-18-7-10(19-2)6-13-12(17)14-9-4-3-8(5-9)11(15)16/h8-10H,3-7H2,1-2H3,(H,15,16)(H2,13,14,17). The first-order chi connectivity index (χ1) is 9.06. The quantitative estimate of drug-likeness (QED) is 0.616. The third kappa shape index (κ3) is 5.44. The van der Waals surface area contributed by atoms with Gasteiger partial charge in [-0.05, 0) is 19.3 Å². The maximum atomic E-state index is 11.6. The fourth-order valence-corrected chi connectivity index (χ4v) is 2.18. The van der Waals surface area contributed by atoms with Gasteiger partial charge in [0.1, 0.15) is 0 Å². The van der Waals surface area contributed by atoms with Crippen LogP contribution in [0.5, 0.6) is 0 Å². The molecule has 1 rings (SSSR count). The summed E-state index contributed by atoms with van der Waals surface area (Å²) in [5, 5.41) is 14.3. The van der Waals surface area contributed by atoms with Crippen molar-refractivity contribution in [3.05, 3.63) is 0 Å². The van der Waals surface area contributed by atoms with Crippen molar-refractivity contribution in [2.24, 2.45) is 5.92 Å². The second-order valence-corrected chi connectivity index (χ2v) is 4.71. The molecule has 0 saturated heterocycles. The minimum atomic E-state index is -0.788. The first kappa shape index (κ1) is 15.7. The van der Waals surface area contributed by atoms with E-state index in [4.69, 9.17) is 14.6 Å². The van der Waals surface area contributed by atoms with Gasteiger partial charge in [-0.25, -0.2) is 4.79 Å². The van der Waals surface area contributed by atoms with E-state index in [2.05, 4.69) is 10.6 Å². The normalized spacial score (nSPS) is 23.9. The number of carbonyl (C=O) groups is 2. The van der Waals surface area contributed by atoms with E-state index in [1.165, 1.54) is 0 Å². The zero-order chi connectivity index (χ0) is 14.3. The van der Waals surface area contributed by atoms with Crippen LogP contribution in [0.25, 0.3) is 0 Å².